The molecule has 0 radical (unpaired) electrons. The molecule has 0 heterocycles. The molecular formula is C16H15Cl3N2O4S. The van der Waals surface area contributed by atoms with Gasteiger partial charge >= 0.3 is 0 Å². The van der Waals surface area contributed by atoms with Gasteiger partial charge in [0.1, 0.15) is 5.75 Å². The van der Waals surface area contributed by atoms with Crippen LogP contribution in [0.5, 0.6) is 5.75 Å². The Morgan fingerprint density at radius 1 is 1.15 bits per heavy atom. The summed E-state index contributed by atoms with van der Waals surface area (Å²) in [6.45, 7) is -0.422. The monoisotopic (exact) mass is 436 g/mol. The number of nitrogens with zero attached hydrogens (tertiary/aromatic N) is 1. The van der Waals surface area contributed by atoms with Crippen LogP contribution in [0.25, 0.3) is 0 Å². The van der Waals surface area contributed by atoms with Crippen molar-refractivity contribution < 1.29 is 17.9 Å². The van der Waals surface area contributed by atoms with Gasteiger partial charge in [0.05, 0.1) is 39.3 Å². The van der Waals surface area contributed by atoms with E-state index in [-0.39, 0.29) is 20.0 Å². The molecule has 6 nitrogen and oxygen atoms in total. The second-order valence-corrected chi connectivity index (χ2v) is 8.44. The molecule has 0 saturated carbocycles. The van der Waals surface area contributed by atoms with Crippen molar-refractivity contribution in [3.8, 4) is 5.75 Å². The van der Waals surface area contributed by atoms with E-state index in [1.807, 2.05) is 0 Å². The van der Waals surface area contributed by atoms with Crippen LogP contribution in [0.15, 0.2) is 41.3 Å². The number of likely N-dealkylation sites (N-methyl/N-ethyl adjacent to an activating group) is 1. The molecule has 1 N–H and O–H groups in total. The molecule has 2 aromatic carbocycles. The van der Waals surface area contributed by atoms with Gasteiger partial charge in [-0.2, -0.15) is 4.31 Å². The van der Waals surface area contributed by atoms with Crippen molar-refractivity contribution in [1.29, 1.82) is 0 Å². The standard InChI is InChI=1S/C16H15Cl3N2O4S/c1-21(9-15(22)20-13-5-3-4-11(17)16(13)19)26(23,24)10-6-7-14(25-2)12(18)8-10/h3-8H,9H2,1-2H3,(H,20,22). The van der Waals surface area contributed by atoms with Crippen molar-refractivity contribution in [1.82, 2.24) is 4.31 Å². The zero-order valence-corrected chi connectivity index (χ0v) is 16.9. The van der Waals surface area contributed by atoms with E-state index in [0.29, 0.717) is 11.4 Å². The van der Waals surface area contributed by atoms with Gasteiger partial charge in [0.2, 0.25) is 15.9 Å². The first-order chi connectivity index (χ1) is 12.2. The third-order valence-electron chi connectivity index (χ3n) is 3.42. The van der Waals surface area contributed by atoms with Gasteiger partial charge in [0.15, 0.2) is 0 Å². The maximum absolute atomic E-state index is 12.6. The number of hydrogen-bond acceptors (Lipinski definition) is 4. The Labute approximate surface area is 166 Å². The predicted molar refractivity (Wildman–Crippen MR) is 103 cm³/mol. The Kier molecular flexibility index (Phi) is 6.76. The number of nitrogens with one attached hydrogen (secondary N) is 1. The van der Waals surface area contributed by atoms with Crippen LogP contribution < -0.4 is 10.1 Å². The minimum absolute atomic E-state index is 0.0561. The molecule has 2 rings (SSSR count). The van der Waals surface area contributed by atoms with Gasteiger partial charge in [-0.05, 0) is 30.3 Å². The Hall–Kier alpha value is -1.51. The van der Waals surface area contributed by atoms with Crippen LogP contribution in [-0.4, -0.2) is 39.3 Å². The summed E-state index contributed by atoms with van der Waals surface area (Å²) in [6.07, 6.45) is 0. The summed E-state index contributed by atoms with van der Waals surface area (Å²) < 4.78 is 31.1. The second-order valence-electron chi connectivity index (χ2n) is 5.21. The third kappa shape index (κ3) is 4.61. The number of ether oxygens (including phenoxy) is 1. The molecule has 0 unspecified atom stereocenters. The lowest BCUT2D eigenvalue weighted by molar-refractivity contribution is -0.116. The minimum Gasteiger partial charge on any atom is -0.495 e. The molecule has 0 fully saturated rings. The number of anilines is 1. The lowest BCUT2D eigenvalue weighted by atomic mass is 10.3. The highest BCUT2D eigenvalue weighted by Gasteiger charge is 2.24. The average Bonchev–Trinajstić information content (AvgIpc) is 2.58. The van der Waals surface area contributed by atoms with E-state index in [9.17, 15) is 13.2 Å². The van der Waals surface area contributed by atoms with Crippen LogP contribution in [-0.2, 0) is 14.8 Å². The molecular weight excluding hydrogens is 423 g/mol. The fourth-order valence-electron chi connectivity index (χ4n) is 2.06. The Morgan fingerprint density at radius 3 is 2.46 bits per heavy atom. The summed E-state index contributed by atoms with van der Waals surface area (Å²) >= 11 is 17.9. The SMILES string of the molecule is COc1ccc(S(=O)(=O)N(C)CC(=O)Nc2cccc(Cl)c2Cl)cc1Cl. The Bertz CT molecular complexity index is 935. The van der Waals surface area contributed by atoms with Crippen LogP contribution in [0, 0.1) is 0 Å². The molecule has 1 amide bonds. The maximum atomic E-state index is 12.6. The van der Waals surface area contributed by atoms with E-state index in [1.165, 1.54) is 32.4 Å². The highest BCUT2D eigenvalue weighted by Crippen LogP contribution is 2.30. The molecule has 0 aliphatic carbocycles. The number of carbonyl (C=O) groups is 1. The van der Waals surface area contributed by atoms with Crippen molar-refractivity contribution >= 4 is 56.4 Å². The van der Waals surface area contributed by atoms with E-state index in [2.05, 4.69) is 5.32 Å². The minimum atomic E-state index is -3.92. The molecule has 0 spiro atoms. The first-order valence-electron chi connectivity index (χ1n) is 7.20. The molecule has 0 aliphatic rings. The fraction of sp³-hybridized carbons (Fsp3) is 0.188. The Balaban J connectivity index is 2.14. The van der Waals surface area contributed by atoms with Crippen molar-refractivity contribution in [3.63, 3.8) is 0 Å². The normalized spacial score (nSPS) is 11.5. The van der Waals surface area contributed by atoms with Crippen LogP contribution in [0.1, 0.15) is 0 Å². The average molecular weight is 438 g/mol. The number of benzene rings is 2. The zero-order chi connectivity index (χ0) is 19.5. The number of sulfonamides is 1. The molecule has 2 aromatic rings. The fourth-order valence-corrected chi connectivity index (χ4v) is 3.89. The zero-order valence-electron chi connectivity index (χ0n) is 13.8. The number of methoxy groups -OCH3 is 1. The van der Waals surface area contributed by atoms with E-state index < -0.39 is 22.5 Å². The van der Waals surface area contributed by atoms with E-state index >= 15 is 0 Å². The molecule has 10 heteroatoms. The summed E-state index contributed by atoms with van der Waals surface area (Å²) in [5.74, 6) is -0.221. The molecule has 0 aromatic heterocycles. The lowest BCUT2D eigenvalue weighted by Crippen LogP contribution is -2.35. The van der Waals surface area contributed by atoms with Crippen molar-refractivity contribution in [2.24, 2.45) is 0 Å². The smallest absolute Gasteiger partial charge is 0.243 e. The van der Waals surface area contributed by atoms with Crippen LogP contribution in [0.3, 0.4) is 0 Å². The summed E-state index contributed by atoms with van der Waals surface area (Å²) in [7, 11) is -1.21. The third-order valence-corrected chi connectivity index (χ3v) is 6.34. The van der Waals surface area contributed by atoms with Crippen molar-refractivity contribution in [2.75, 3.05) is 26.0 Å². The van der Waals surface area contributed by atoms with Gasteiger partial charge in [-0.15, -0.1) is 0 Å². The molecule has 0 atom stereocenters. The van der Waals surface area contributed by atoms with Gasteiger partial charge in [-0.25, -0.2) is 8.42 Å². The molecule has 140 valence electrons. The van der Waals surface area contributed by atoms with Gasteiger partial charge < -0.3 is 10.1 Å². The quantitative estimate of drug-likeness (QED) is 0.743. The summed E-state index contributed by atoms with van der Waals surface area (Å²) in [6, 6.07) is 8.80. The van der Waals surface area contributed by atoms with Crippen LogP contribution >= 0.6 is 34.8 Å². The van der Waals surface area contributed by atoms with Gasteiger partial charge in [0, 0.05) is 7.05 Å². The largest absolute Gasteiger partial charge is 0.495 e. The number of carbonyl (C=O) groups excluding carboxylic acids is 1. The lowest BCUT2D eigenvalue weighted by Gasteiger charge is -2.18. The van der Waals surface area contributed by atoms with Crippen molar-refractivity contribution in [2.45, 2.75) is 4.90 Å². The van der Waals surface area contributed by atoms with Crippen LogP contribution in [0.4, 0.5) is 5.69 Å². The Morgan fingerprint density at radius 2 is 1.85 bits per heavy atom. The predicted octanol–water partition coefficient (Wildman–Crippen LogP) is 3.91. The highest BCUT2D eigenvalue weighted by molar-refractivity contribution is 7.89. The number of amides is 1. The summed E-state index contributed by atoms with van der Waals surface area (Å²) in [5.41, 5.74) is 0.294. The van der Waals surface area contributed by atoms with E-state index in [1.54, 1.807) is 18.2 Å². The first-order valence-corrected chi connectivity index (χ1v) is 9.78. The topological polar surface area (TPSA) is 75.7 Å². The van der Waals surface area contributed by atoms with E-state index in [0.717, 1.165) is 4.31 Å². The van der Waals surface area contributed by atoms with Gasteiger partial charge in [-0.1, -0.05) is 40.9 Å². The van der Waals surface area contributed by atoms with Gasteiger partial charge in [-0.3, -0.25) is 4.79 Å². The number of hydrogen-bond donors (Lipinski definition) is 1. The van der Waals surface area contributed by atoms with Crippen LogP contribution in [0.2, 0.25) is 15.1 Å². The van der Waals surface area contributed by atoms with Gasteiger partial charge in [0.25, 0.3) is 0 Å². The van der Waals surface area contributed by atoms with E-state index in [4.69, 9.17) is 39.5 Å². The maximum Gasteiger partial charge on any atom is 0.243 e. The molecule has 26 heavy (non-hydrogen) atoms. The molecule has 0 aliphatic heterocycles. The second kappa shape index (κ2) is 8.45. The molecule has 0 bridgehead atoms. The molecule has 0 saturated heterocycles. The highest BCUT2D eigenvalue weighted by atomic mass is 35.5. The van der Waals surface area contributed by atoms with Crippen molar-refractivity contribution in [3.05, 3.63) is 51.5 Å². The number of halogens is 3. The summed E-state index contributed by atoms with van der Waals surface area (Å²) in [4.78, 5) is 12.1. The first kappa shape index (κ1) is 20.8. The summed E-state index contributed by atoms with van der Waals surface area (Å²) in [5, 5.41) is 3.13. The number of rotatable bonds is 6.